The second kappa shape index (κ2) is 15.7. The van der Waals surface area contributed by atoms with Crippen molar-refractivity contribution in [1.29, 1.82) is 0 Å². The van der Waals surface area contributed by atoms with Crippen LogP contribution in [0, 0.1) is 0 Å². The zero-order valence-corrected chi connectivity index (χ0v) is 27.4. The molecule has 12 heteroatoms. The molecule has 0 saturated heterocycles. The Bertz CT molecular complexity index is 1540. The van der Waals surface area contributed by atoms with Crippen molar-refractivity contribution in [2.45, 2.75) is 57.1 Å². The number of ether oxygens (including phenoxy) is 3. The van der Waals surface area contributed by atoms with Gasteiger partial charge in [0.15, 0.2) is 11.5 Å². The van der Waals surface area contributed by atoms with Crippen molar-refractivity contribution >= 4 is 39.1 Å². The van der Waals surface area contributed by atoms with E-state index in [1.54, 1.807) is 6.07 Å². The van der Waals surface area contributed by atoms with Gasteiger partial charge in [-0.1, -0.05) is 55.8 Å². The van der Waals surface area contributed by atoms with Crippen molar-refractivity contribution in [3.8, 4) is 17.2 Å². The van der Waals surface area contributed by atoms with Crippen LogP contribution in [0.15, 0.2) is 71.6 Å². The van der Waals surface area contributed by atoms with Gasteiger partial charge in [-0.05, 0) is 55.7 Å². The van der Waals surface area contributed by atoms with E-state index in [0.29, 0.717) is 18.6 Å². The van der Waals surface area contributed by atoms with Crippen molar-refractivity contribution in [2.75, 3.05) is 32.2 Å². The number of nitrogens with zero attached hydrogens (tertiary/aromatic N) is 2. The van der Waals surface area contributed by atoms with Crippen LogP contribution in [0.2, 0.25) is 5.02 Å². The molecule has 2 atom stereocenters. The van der Waals surface area contributed by atoms with Crippen LogP contribution in [0.1, 0.15) is 39.2 Å². The van der Waals surface area contributed by atoms with Gasteiger partial charge < -0.3 is 24.4 Å². The number of methoxy groups -OCH3 is 3. The van der Waals surface area contributed by atoms with Gasteiger partial charge in [0.2, 0.25) is 11.8 Å². The minimum absolute atomic E-state index is 0.0555. The van der Waals surface area contributed by atoms with Gasteiger partial charge >= 0.3 is 0 Å². The average molecular weight is 646 g/mol. The van der Waals surface area contributed by atoms with Crippen LogP contribution >= 0.6 is 11.6 Å². The summed E-state index contributed by atoms with van der Waals surface area (Å²) in [6.07, 6.45) is 1.02. The number of hydrogen-bond acceptors (Lipinski definition) is 7. The Morgan fingerprint density at radius 1 is 0.864 bits per heavy atom. The number of carbonyl (C=O) groups is 2. The number of nitrogens with one attached hydrogen (secondary N) is 1. The standard InChI is InChI=1S/C32H40ClN3O7S/c1-7-22(3)34-32(38)26(8-2)35(20-23-12-10-9-11-13-23)31(37)21-36(27-18-24(33)14-16-28(27)41-4)44(39,40)25-15-17-29(42-5)30(19-25)43-6/h9-19,22,26H,7-8,20-21H2,1-6H3,(H,34,38)/t22-,26-/m1/s1. The summed E-state index contributed by atoms with van der Waals surface area (Å²) >= 11 is 6.32. The highest BCUT2D eigenvalue weighted by Gasteiger charge is 2.35. The lowest BCUT2D eigenvalue weighted by atomic mass is 10.1. The van der Waals surface area contributed by atoms with Crippen molar-refractivity contribution in [2.24, 2.45) is 0 Å². The van der Waals surface area contributed by atoms with Gasteiger partial charge in [-0.15, -0.1) is 0 Å². The largest absolute Gasteiger partial charge is 0.495 e. The summed E-state index contributed by atoms with van der Waals surface area (Å²) < 4.78 is 45.7. The zero-order valence-electron chi connectivity index (χ0n) is 25.9. The topological polar surface area (TPSA) is 114 Å². The molecule has 3 rings (SSSR count). The molecule has 0 saturated carbocycles. The quantitative estimate of drug-likeness (QED) is 0.239. The highest BCUT2D eigenvalue weighted by molar-refractivity contribution is 7.92. The SMILES string of the molecule is CC[C@@H](C)NC(=O)[C@@H](CC)N(Cc1ccccc1)C(=O)CN(c1cc(Cl)ccc1OC)S(=O)(=O)c1ccc(OC)c(OC)c1. The first-order chi connectivity index (χ1) is 21.0. The Labute approximate surface area is 264 Å². The predicted molar refractivity (Wildman–Crippen MR) is 171 cm³/mol. The maximum Gasteiger partial charge on any atom is 0.265 e. The number of benzene rings is 3. The maximum atomic E-state index is 14.3. The fourth-order valence-electron chi connectivity index (χ4n) is 4.62. The number of rotatable bonds is 15. The summed E-state index contributed by atoms with van der Waals surface area (Å²) in [6.45, 7) is 5.09. The van der Waals surface area contributed by atoms with Crippen LogP contribution in [0.4, 0.5) is 5.69 Å². The molecule has 2 amide bonds. The number of amides is 2. The van der Waals surface area contributed by atoms with Gasteiger partial charge in [-0.3, -0.25) is 13.9 Å². The van der Waals surface area contributed by atoms with E-state index < -0.39 is 28.5 Å². The van der Waals surface area contributed by atoms with Gasteiger partial charge in [-0.2, -0.15) is 0 Å². The first-order valence-corrected chi connectivity index (χ1v) is 16.0. The molecule has 0 unspecified atom stereocenters. The molecule has 0 fully saturated rings. The molecule has 0 aromatic heterocycles. The lowest BCUT2D eigenvalue weighted by molar-refractivity contribution is -0.140. The molecule has 0 bridgehead atoms. The summed E-state index contributed by atoms with van der Waals surface area (Å²) in [6, 6.07) is 16.9. The highest BCUT2D eigenvalue weighted by atomic mass is 35.5. The van der Waals surface area contributed by atoms with Gasteiger partial charge in [0.25, 0.3) is 10.0 Å². The number of sulfonamides is 1. The fourth-order valence-corrected chi connectivity index (χ4v) is 6.22. The first kappa shape index (κ1) is 34.5. The second-order valence-electron chi connectivity index (χ2n) is 10.1. The van der Waals surface area contributed by atoms with Crippen molar-refractivity contribution in [3.63, 3.8) is 0 Å². The lowest BCUT2D eigenvalue weighted by Crippen LogP contribution is -2.53. The molecule has 0 aliphatic heterocycles. The Balaban J connectivity index is 2.16. The van der Waals surface area contributed by atoms with Crippen LogP contribution < -0.4 is 23.8 Å². The number of hydrogen-bond donors (Lipinski definition) is 1. The summed E-state index contributed by atoms with van der Waals surface area (Å²) in [5.41, 5.74) is 0.838. The van der Waals surface area contributed by atoms with E-state index >= 15 is 0 Å². The predicted octanol–water partition coefficient (Wildman–Crippen LogP) is 5.28. The molecule has 0 heterocycles. The molecule has 0 spiro atoms. The van der Waals surface area contributed by atoms with E-state index in [0.717, 1.165) is 9.87 Å². The Morgan fingerprint density at radius 2 is 1.50 bits per heavy atom. The lowest BCUT2D eigenvalue weighted by Gasteiger charge is -2.34. The Morgan fingerprint density at radius 3 is 2.09 bits per heavy atom. The molecular weight excluding hydrogens is 606 g/mol. The maximum absolute atomic E-state index is 14.3. The fraction of sp³-hybridized carbons (Fsp3) is 0.375. The molecule has 10 nitrogen and oxygen atoms in total. The minimum Gasteiger partial charge on any atom is -0.495 e. The zero-order chi connectivity index (χ0) is 32.4. The minimum atomic E-state index is -4.43. The molecule has 0 aliphatic carbocycles. The van der Waals surface area contributed by atoms with Crippen LogP contribution in [-0.4, -0.2) is 65.1 Å². The number of carbonyl (C=O) groups excluding carboxylic acids is 2. The van der Waals surface area contributed by atoms with Gasteiger partial charge in [0.1, 0.15) is 18.3 Å². The van der Waals surface area contributed by atoms with Gasteiger partial charge in [0, 0.05) is 23.7 Å². The summed E-state index contributed by atoms with van der Waals surface area (Å²) in [5, 5.41) is 3.20. The highest BCUT2D eigenvalue weighted by Crippen LogP contribution is 2.37. The van der Waals surface area contributed by atoms with E-state index in [1.165, 1.54) is 56.6 Å². The van der Waals surface area contributed by atoms with Crippen molar-refractivity contribution in [3.05, 3.63) is 77.3 Å². The molecule has 3 aromatic rings. The number of halogens is 1. The van der Waals surface area contributed by atoms with E-state index in [2.05, 4.69) is 5.32 Å². The third kappa shape index (κ3) is 8.15. The molecule has 1 N–H and O–H groups in total. The third-order valence-corrected chi connectivity index (χ3v) is 9.20. The normalized spacial score (nSPS) is 12.5. The second-order valence-corrected chi connectivity index (χ2v) is 12.4. The Kier molecular flexibility index (Phi) is 12.3. The summed E-state index contributed by atoms with van der Waals surface area (Å²) in [7, 11) is -0.198. The summed E-state index contributed by atoms with van der Waals surface area (Å²) in [4.78, 5) is 29.0. The number of anilines is 1. The van der Waals surface area contributed by atoms with E-state index in [4.69, 9.17) is 25.8 Å². The third-order valence-electron chi connectivity index (χ3n) is 7.21. The van der Waals surface area contributed by atoms with E-state index in [9.17, 15) is 18.0 Å². The van der Waals surface area contributed by atoms with E-state index in [1.807, 2.05) is 51.1 Å². The van der Waals surface area contributed by atoms with E-state index in [-0.39, 0.29) is 45.6 Å². The van der Waals surface area contributed by atoms with Crippen LogP contribution in [0.25, 0.3) is 0 Å². The van der Waals surface area contributed by atoms with Gasteiger partial charge in [0.05, 0.1) is 31.9 Å². The molecular formula is C32H40ClN3O7S. The first-order valence-electron chi connectivity index (χ1n) is 14.2. The van der Waals surface area contributed by atoms with Crippen molar-refractivity contribution in [1.82, 2.24) is 10.2 Å². The van der Waals surface area contributed by atoms with Gasteiger partial charge in [-0.25, -0.2) is 8.42 Å². The summed E-state index contributed by atoms with van der Waals surface area (Å²) in [5.74, 6) is -0.202. The molecule has 238 valence electrons. The molecule has 3 aromatic carbocycles. The molecule has 0 aliphatic rings. The van der Waals surface area contributed by atoms with Crippen LogP contribution in [-0.2, 0) is 26.2 Å². The average Bonchev–Trinajstić information content (AvgIpc) is 3.03. The smallest absolute Gasteiger partial charge is 0.265 e. The van der Waals surface area contributed by atoms with Crippen LogP contribution in [0.5, 0.6) is 17.2 Å². The van der Waals surface area contributed by atoms with Crippen LogP contribution in [0.3, 0.4) is 0 Å². The van der Waals surface area contributed by atoms with Crippen molar-refractivity contribution < 1.29 is 32.2 Å². The monoisotopic (exact) mass is 645 g/mol. The molecule has 0 radical (unpaired) electrons. The Hall–Kier alpha value is -3.96. The molecule has 44 heavy (non-hydrogen) atoms.